The highest BCUT2D eigenvalue weighted by Gasteiger charge is 2.32. The topological polar surface area (TPSA) is 64.3 Å². The number of carbonyl (C=O) groups is 1. The van der Waals surface area contributed by atoms with Gasteiger partial charge >= 0.3 is 0 Å². The average Bonchev–Trinajstić information content (AvgIpc) is 2.43. The fraction of sp³-hybridized carbons (Fsp3) is 0.933. The van der Waals surface area contributed by atoms with Crippen LogP contribution in [-0.2, 0) is 9.53 Å². The van der Waals surface area contributed by atoms with E-state index in [1.165, 1.54) is 19.3 Å². The summed E-state index contributed by atoms with van der Waals surface area (Å²) in [6.07, 6.45) is 8.56. The summed E-state index contributed by atoms with van der Waals surface area (Å²) in [7, 11) is 0. The van der Waals surface area contributed by atoms with Gasteiger partial charge in [0.05, 0.1) is 0 Å². The summed E-state index contributed by atoms with van der Waals surface area (Å²) in [5.41, 5.74) is 5.98. The van der Waals surface area contributed by atoms with Crippen molar-refractivity contribution >= 4 is 18.3 Å². The molecule has 0 saturated heterocycles. The molecule has 1 rings (SSSR count). The molecule has 1 aliphatic rings. The lowest BCUT2D eigenvalue weighted by molar-refractivity contribution is -0.123. The predicted molar refractivity (Wildman–Crippen MR) is 85.2 cm³/mol. The van der Waals surface area contributed by atoms with Crippen LogP contribution in [0.3, 0.4) is 0 Å². The van der Waals surface area contributed by atoms with Gasteiger partial charge in [-0.15, -0.1) is 12.4 Å². The molecular formula is C15H31ClN2O2. The summed E-state index contributed by atoms with van der Waals surface area (Å²) in [5, 5.41) is 3.02. The molecular weight excluding hydrogens is 276 g/mol. The normalized spacial score (nSPS) is 17.3. The molecule has 1 saturated carbocycles. The summed E-state index contributed by atoms with van der Waals surface area (Å²) < 4.78 is 5.27. The summed E-state index contributed by atoms with van der Waals surface area (Å²) in [4.78, 5) is 12.0. The number of rotatable bonds is 9. The van der Waals surface area contributed by atoms with Gasteiger partial charge in [0.25, 0.3) is 0 Å². The molecule has 0 aromatic heterocycles. The molecule has 5 heteroatoms. The predicted octanol–water partition coefficient (Wildman–Crippen LogP) is 2.64. The quantitative estimate of drug-likeness (QED) is 0.644. The van der Waals surface area contributed by atoms with Crippen molar-refractivity contribution in [3.05, 3.63) is 0 Å². The summed E-state index contributed by atoms with van der Waals surface area (Å²) in [5.74, 6) is 0.170. The van der Waals surface area contributed by atoms with Crippen LogP contribution >= 0.6 is 12.4 Å². The number of halogens is 1. The summed E-state index contributed by atoms with van der Waals surface area (Å²) >= 11 is 0. The van der Waals surface area contributed by atoms with Gasteiger partial charge in [-0.25, -0.2) is 0 Å². The molecule has 0 bridgehead atoms. The highest BCUT2D eigenvalue weighted by atomic mass is 35.5. The lowest BCUT2D eigenvalue weighted by atomic mass is 9.71. The van der Waals surface area contributed by atoms with Gasteiger partial charge in [-0.1, -0.05) is 19.3 Å². The van der Waals surface area contributed by atoms with Crippen molar-refractivity contribution in [2.24, 2.45) is 11.1 Å². The first-order chi connectivity index (χ1) is 9.22. The van der Waals surface area contributed by atoms with Crippen LogP contribution in [0, 0.1) is 5.41 Å². The number of hydrogen-bond acceptors (Lipinski definition) is 3. The smallest absolute Gasteiger partial charge is 0.220 e. The van der Waals surface area contributed by atoms with Crippen molar-refractivity contribution in [1.82, 2.24) is 5.32 Å². The Morgan fingerprint density at radius 3 is 2.55 bits per heavy atom. The van der Waals surface area contributed by atoms with Gasteiger partial charge in [-0.2, -0.15) is 0 Å². The number of amides is 1. The molecule has 1 fully saturated rings. The SMILES string of the molecule is CCOCCCCNC(=O)CC1(CN)CCCCC1.Cl. The van der Waals surface area contributed by atoms with Gasteiger partial charge in [0.15, 0.2) is 0 Å². The Balaban J connectivity index is 0.00000361. The van der Waals surface area contributed by atoms with Crippen LogP contribution in [0.4, 0.5) is 0 Å². The first-order valence-electron chi connectivity index (χ1n) is 7.77. The van der Waals surface area contributed by atoms with Crippen LogP contribution in [0.15, 0.2) is 0 Å². The Morgan fingerprint density at radius 1 is 1.25 bits per heavy atom. The fourth-order valence-corrected chi connectivity index (χ4v) is 2.86. The molecule has 0 radical (unpaired) electrons. The molecule has 0 aliphatic heterocycles. The fourth-order valence-electron chi connectivity index (χ4n) is 2.86. The van der Waals surface area contributed by atoms with Crippen molar-refractivity contribution in [1.29, 1.82) is 0 Å². The molecule has 0 aromatic rings. The van der Waals surface area contributed by atoms with Gasteiger partial charge in [0.2, 0.25) is 5.91 Å². The van der Waals surface area contributed by atoms with E-state index in [0.717, 1.165) is 45.4 Å². The monoisotopic (exact) mass is 306 g/mol. The van der Waals surface area contributed by atoms with Crippen LogP contribution in [0.25, 0.3) is 0 Å². The van der Waals surface area contributed by atoms with Crippen LogP contribution in [0.1, 0.15) is 58.3 Å². The van der Waals surface area contributed by atoms with E-state index in [1.54, 1.807) is 0 Å². The number of nitrogens with two attached hydrogens (primary N) is 1. The van der Waals surface area contributed by atoms with Gasteiger partial charge < -0.3 is 15.8 Å². The second kappa shape index (κ2) is 11.4. The lowest BCUT2D eigenvalue weighted by Crippen LogP contribution is -2.38. The van der Waals surface area contributed by atoms with Crippen molar-refractivity contribution in [3.8, 4) is 0 Å². The Bertz CT molecular complexity index is 256. The van der Waals surface area contributed by atoms with Crippen molar-refractivity contribution < 1.29 is 9.53 Å². The number of nitrogens with one attached hydrogen (secondary N) is 1. The maximum Gasteiger partial charge on any atom is 0.220 e. The molecule has 120 valence electrons. The van der Waals surface area contributed by atoms with E-state index in [0.29, 0.717) is 13.0 Å². The van der Waals surface area contributed by atoms with Crippen LogP contribution in [0.5, 0.6) is 0 Å². The van der Waals surface area contributed by atoms with E-state index in [1.807, 2.05) is 6.92 Å². The Labute approximate surface area is 129 Å². The van der Waals surface area contributed by atoms with E-state index < -0.39 is 0 Å². The molecule has 4 nitrogen and oxygen atoms in total. The van der Waals surface area contributed by atoms with E-state index in [2.05, 4.69) is 5.32 Å². The highest BCUT2D eigenvalue weighted by Crippen LogP contribution is 2.38. The number of hydrogen-bond donors (Lipinski definition) is 2. The largest absolute Gasteiger partial charge is 0.382 e. The van der Waals surface area contributed by atoms with Crippen molar-refractivity contribution in [2.45, 2.75) is 58.3 Å². The van der Waals surface area contributed by atoms with Gasteiger partial charge in [0.1, 0.15) is 0 Å². The third-order valence-corrected chi connectivity index (χ3v) is 4.12. The maximum atomic E-state index is 12.0. The van der Waals surface area contributed by atoms with Crippen LogP contribution in [0.2, 0.25) is 0 Å². The Hall–Kier alpha value is -0.320. The number of unbranched alkanes of at least 4 members (excludes halogenated alkanes) is 1. The minimum absolute atomic E-state index is 0. The standard InChI is InChI=1S/C15H30N2O2.ClH/c1-2-19-11-7-6-10-17-14(18)12-15(13-16)8-4-3-5-9-15;/h2-13,16H2,1H3,(H,17,18);1H. The van der Waals surface area contributed by atoms with E-state index in [9.17, 15) is 4.79 Å². The summed E-state index contributed by atoms with van der Waals surface area (Å²) in [6, 6.07) is 0. The first-order valence-corrected chi connectivity index (χ1v) is 7.77. The third kappa shape index (κ3) is 7.46. The molecule has 0 aromatic carbocycles. The average molecular weight is 307 g/mol. The van der Waals surface area contributed by atoms with E-state index in [-0.39, 0.29) is 23.7 Å². The van der Waals surface area contributed by atoms with Gasteiger partial charge in [-0.3, -0.25) is 4.79 Å². The first kappa shape index (κ1) is 19.7. The zero-order valence-corrected chi connectivity index (χ0v) is 13.6. The molecule has 0 unspecified atom stereocenters. The molecule has 3 N–H and O–H groups in total. The number of ether oxygens (including phenoxy) is 1. The number of carbonyl (C=O) groups excluding carboxylic acids is 1. The van der Waals surface area contributed by atoms with Crippen LogP contribution in [-0.4, -0.2) is 32.2 Å². The summed E-state index contributed by atoms with van der Waals surface area (Å²) in [6.45, 7) is 4.96. The second-order valence-electron chi connectivity index (χ2n) is 5.70. The molecule has 1 aliphatic carbocycles. The van der Waals surface area contributed by atoms with Gasteiger partial charge in [-0.05, 0) is 44.6 Å². The molecule has 0 spiro atoms. The Morgan fingerprint density at radius 2 is 1.95 bits per heavy atom. The van der Waals surface area contributed by atoms with E-state index in [4.69, 9.17) is 10.5 Å². The van der Waals surface area contributed by atoms with Gasteiger partial charge in [0, 0.05) is 26.2 Å². The zero-order valence-electron chi connectivity index (χ0n) is 12.8. The third-order valence-electron chi connectivity index (χ3n) is 4.12. The molecule has 1 amide bonds. The van der Waals surface area contributed by atoms with Crippen LogP contribution < -0.4 is 11.1 Å². The van der Waals surface area contributed by atoms with Crippen molar-refractivity contribution in [3.63, 3.8) is 0 Å². The molecule has 0 heterocycles. The Kier molecular flexibility index (Phi) is 11.2. The van der Waals surface area contributed by atoms with Crippen molar-refractivity contribution in [2.75, 3.05) is 26.3 Å². The zero-order chi connectivity index (χ0) is 14.0. The maximum absolute atomic E-state index is 12.0. The second-order valence-corrected chi connectivity index (χ2v) is 5.70. The highest BCUT2D eigenvalue weighted by molar-refractivity contribution is 5.85. The molecule has 20 heavy (non-hydrogen) atoms. The van der Waals surface area contributed by atoms with E-state index >= 15 is 0 Å². The minimum Gasteiger partial charge on any atom is -0.382 e. The minimum atomic E-state index is 0. The molecule has 0 atom stereocenters. The lowest BCUT2D eigenvalue weighted by Gasteiger charge is -2.35.